The molecule has 0 bridgehead atoms. The van der Waals surface area contributed by atoms with Gasteiger partial charge in [0.05, 0.1) is 17.6 Å². The van der Waals surface area contributed by atoms with Crippen molar-refractivity contribution in [3.8, 4) is 11.4 Å². The van der Waals surface area contributed by atoms with Gasteiger partial charge in [-0.05, 0) is 48.5 Å². The predicted molar refractivity (Wildman–Crippen MR) is 114 cm³/mol. The van der Waals surface area contributed by atoms with Gasteiger partial charge in [0, 0.05) is 10.7 Å². The van der Waals surface area contributed by atoms with E-state index in [0.29, 0.717) is 18.2 Å². The lowest BCUT2D eigenvalue weighted by atomic mass is 10.3. The first-order chi connectivity index (χ1) is 12.8. The van der Waals surface area contributed by atoms with Gasteiger partial charge < -0.3 is 10.1 Å². The van der Waals surface area contributed by atoms with Crippen molar-refractivity contribution < 1.29 is 4.74 Å². The Morgan fingerprint density at radius 1 is 0.889 bits per heavy atom. The van der Waals surface area contributed by atoms with E-state index in [1.165, 1.54) is 0 Å². The number of hydrogen-bond acceptors (Lipinski definition) is 3. The van der Waals surface area contributed by atoms with Crippen LogP contribution in [0.4, 0.5) is 5.95 Å². The fourth-order valence-corrected chi connectivity index (χ4v) is 2.97. The highest BCUT2D eigenvalue weighted by Gasteiger charge is 2.11. The number of anilines is 1. The molecule has 4 aromatic rings. The van der Waals surface area contributed by atoms with E-state index >= 15 is 0 Å². The van der Waals surface area contributed by atoms with Crippen LogP contribution in [0, 0.1) is 0 Å². The summed E-state index contributed by atoms with van der Waals surface area (Å²) in [5, 5.41) is 4.09. The fourth-order valence-electron chi connectivity index (χ4n) is 2.84. The number of hydrogen-bond donors (Lipinski definition) is 1. The molecule has 0 fully saturated rings. The number of nitrogens with one attached hydrogen (secondary N) is 1. The molecule has 27 heavy (non-hydrogen) atoms. The molecule has 0 aliphatic carbocycles. The minimum atomic E-state index is 0. The van der Waals surface area contributed by atoms with Crippen molar-refractivity contribution >= 4 is 41.0 Å². The monoisotopic (exact) mass is 399 g/mol. The molecule has 4 rings (SSSR count). The van der Waals surface area contributed by atoms with Gasteiger partial charge in [-0.3, -0.25) is 4.57 Å². The maximum Gasteiger partial charge on any atom is 0.208 e. The Balaban J connectivity index is 0.00000210. The highest BCUT2D eigenvalue weighted by atomic mass is 35.5. The molecule has 0 saturated carbocycles. The van der Waals surface area contributed by atoms with Crippen LogP contribution < -0.4 is 10.1 Å². The normalized spacial score (nSPS) is 10.4. The number of imidazole rings is 1. The molecule has 0 spiro atoms. The average molecular weight is 400 g/mol. The van der Waals surface area contributed by atoms with E-state index in [4.69, 9.17) is 21.3 Å². The average Bonchev–Trinajstić information content (AvgIpc) is 3.05. The predicted octanol–water partition coefficient (Wildman–Crippen LogP) is 5.59. The molecule has 0 unspecified atom stereocenters. The Kier molecular flexibility index (Phi) is 6.22. The van der Waals surface area contributed by atoms with E-state index in [1.807, 2.05) is 72.8 Å². The van der Waals surface area contributed by atoms with Gasteiger partial charge >= 0.3 is 0 Å². The van der Waals surface area contributed by atoms with Crippen LogP contribution >= 0.6 is 24.0 Å². The molecule has 0 radical (unpaired) electrons. The van der Waals surface area contributed by atoms with Crippen molar-refractivity contribution in [3.05, 3.63) is 83.9 Å². The summed E-state index contributed by atoms with van der Waals surface area (Å²) in [5.41, 5.74) is 2.99. The minimum absolute atomic E-state index is 0. The van der Waals surface area contributed by atoms with Crippen LogP contribution in [0.25, 0.3) is 16.7 Å². The first-order valence-corrected chi connectivity index (χ1v) is 8.84. The summed E-state index contributed by atoms with van der Waals surface area (Å²) in [6.45, 7) is 1.19. The van der Waals surface area contributed by atoms with Crippen LogP contribution in [0.15, 0.2) is 78.9 Å². The third-order valence-corrected chi connectivity index (χ3v) is 4.29. The van der Waals surface area contributed by atoms with Gasteiger partial charge in [0.25, 0.3) is 0 Å². The summed E-state index contributed by atoms with van der Waals surface area (Å²) < 4.78 is 7.84. The first kappa shape index (κ1) is 19.1. The second kappa shape index (κ2) is 8.80. The number of benzene rings is 3. The highest BCUT2D eigenvalue weighted by molar-refractivity contribution is 6.30. The van der Waals surface area contributed by atoms with Crippen molar-refractivity contribution in [1.29, 1.82) is 0 Å². The number of fused-ring (bicyclic) bond motifs is 1. The summed E-state index contributed by atoms with van der Waals surface area (Å²) in [6, 6.07) is 25.6. The van der Waals surface area contributed by atoms with Crippen LogP contribution in [0.5, 0.6) is 5.75 Å². The summed E-state index contributed by atoms with van der Waals surface area (Å²) in [5.74, 6) is 1.64. The van der Waals surface area contributed by atoms with E-state index in [1.54, 1.807) is 0 Å². The zero-order chi connectivity index (χ0) is 17.8. The minimum Gasteiger partial charge on any atom is -0.492 e. The van der Waals surface area contributed by atoms with Crippen molar-refractivity contribution in [2.75, 3.05) is 18.5 Å². The number of para-hydroxylation sites is 3. The van der Waals surface area contributed by atoms with Gasteiger partial charge in [-0.2, -0.15) is 0 Å². The molecular formula is C21H19Cl2N3O. The van der Waals surface area contributed by atoms with Gasteiger partial charge in [-0.25, -0.2) is 4.98 Å². The molecule has 6 heteroatoms. The number of nitrogens with zero attached hydrogens (tertiary/aromatic N) is 2. The van der Waals surface area contributed by atoms with E-state index in [0.717, 1.165) is 28.4 Å². The van der Waals surface area contributed by atoms with Crippen LogP contribution in [0.1, 0.15) is 0 Å². The third kappa shape index (κ3) is 4.35. The molecule has 138 valence electrons. The third-order valence-electron chi connectivity index (χ3n) is 4.04. The quantitative estimate of drug-likeness (QED) is 0.429. The lowest BCUT2D eigenvalue weighted by Crippen LogP contribution is -2.14. The molecule has 0 atom stereocenters. The molecule has 0 saturated heterocycles. The second-order valence-corrected chi connectivity index (χ2v) is 6.26. The zero-order valence-electron chi connectivity index (χ0n) is 14.5. The van der Waals surface area contributed by atoms with E-state index in [-0.39, 0.29) is 12.4 Å². The Morgan fingerprint density at radius 3 is 2.37 bits per heavy atom. The topological polar surface area (TPSA) is 39.1 Å². The number of halogens is 2. The Bertz CT molecular complexity index is 1000. The molecule has 1 N–H and O–H groups in total. The van der Waals surface area contributed by atoms with Crippen LogP contribution in [-0.4, -0.2) is 22.7 Å². The lowest BCUT2D eigenvalue weighted by molar-refractivity contribution is 0.332. The molecule has 4 nitrogen and oxygen atoms in total. The number of rotatable bonds is 6. The first-order valence-electron chi connectivity index (χ1n) is 8.46. The Hall–Kier alpha value is -2.69. The molecule has 0 aliphatic rings. The smallest absolute Gasteiger partial charge is 0.208 e. The molecular weight excluding hydrogens is 381 g/mol. The van der Waals surface area contributed by atoms with Gasteiger partial charge in [-0.15, -0.1) is 12.4 Å². The highest BCUT2D eigenvalue weighted by Crippen LogP contribution is 2.25. The molecule has 0 amide bonds. The van der Waals surface area contributed by atoms with E-state index < -0.39 is 0 Å². The van der Waals surface area contributed by atoms with Gasteiger partial charge in [0.15, 0.2) is 0 Å². The van der Waals surface area contributed by atoms with Gasteiger partial charge in [-0.1, -0.05) is 41.9 Å². The fraction of sp³-hybridized carbons (Fsp3) is 0.0952. The lowest BCUT2D eigenvalue weighted by Gasteiger charge is -2.12. The van der Waals surface area contributed by atoms with Crippen molar-refractivity contribution in [2.24, 2.45) is 0 Å². The Labute approximate surface area is 169 Å². The summed E-state index contributed by atoms with van der Waals surface area (Å²) in [4.78, 5) is 4.72. The van der Waals surface area contributed by atoms with Crippen LogP contribution in [-0.2, 0) is 0 Å². The summed E-state index contributed by atoms with van der Waals surface area (Å²) in [7, 11) is 0. The SMILES string of the molecule is Cl.Clc1ccc(-n2c(NCCOc3ccccc3)nc3ccccc32)cc1. The molecule has 0 aliphatic heterocycles. The van der Waals surface area contributed by atoms with E-state index in [2.05, 4.69) is 16.0 Å². The second-order valence-electron chi connectivity index (χ2n) is 5.82. The number of ether oxygens (including phenoxy) is 1. The maximum atomic E-state index is 6.03. The van der Waals surface area contributed by atoms with Crippen LogP contribution in [0.3, 0.4) is 0 Å². The number of aromatic nitrogens is 2. The summed E-state index contributed by atoms with van der Waals surface area (Å²) >= 11 is 6.03. The van der Waals surface area contributed by atoms with E-state index in [9.17, 15) is 0 Å². The molecule has 1 aromatic heterocycles. The van der Waals surface area contributed by atoms with Gasteiger partial charge in [0.1, 0.15) is 12.4 Å². The summed E-state index contributed by atoms with van der Waals surface area (Å²) in [6.07, 6.45) is 0. The zero-order valence-corrected chi connectivity index (χ0v) is 16.1. The Morgan fingerprint density at radius 2 is 1.59 bits per heavy atom. The largest absolute Gasteiger partial charge is 0.492 e. The molecule has 3 aromatic carbocycles. The van der Waals surface area contributed by atoms with Gasteiger partial charge in [0.2, 0.25) is 5.95 Å². The maximum absolute atomic E-state index is 6.03. The van der Waals surface area contributed by atoms with Crippen LogP contribution in [0.2, 0.25) is 5.02 Å². The molecule has 1 heterocycles. The van der Waals surface area contributed by atoms with Crippen molar-refractivity contribution in [1.82, 2.24) is 9.55 Å². The standard InChI is InChI=1S/C21H18ClN3O.ClH/c22-16-10-12-17(13-11-16)25-20-9-5-4-8-19(20)24-21(25)23-14-15-26-18-6-2-1-3-7-18;/h1-13H,14-15H2,(H,23,24);1H. The van der Waals surface area contributed by atoms with Crippen molar-refractivity contribution in [3.63, 3.8) is 0 Å². The van der Waals surface area contributed by atoms with Crippen molar-refractivity contribution in [2.45, 2.75) is 0 Å².